The van der Waals surface area contributed by atoms with Crippen LogP contribution in [0.3, 0.4) is 0 Å². The van der Waals surface area contributed by atoms with Gasteiger partial charge >= 0.3 is 0 Å². The third kappa shape index (κ3) is 5.44. The molecule has 4 aromatic carbocycles. The Bertz CT molecular complexity index is 1120. The van der Waals surface area contributed by atoms with E-state index in [-0.39, 0.29) is 0 Å². The van der Waals surface area contributed by atoms with E-state index in [1.165, 1.54) is 31.3 Å². The lowest BCUT2D eigenvalue weighted by Gasteiger charge is -1.98. The van der Waals surface area contributed by atoms with Crippen LogP contribution in [-0.4, -0.2) is 0 Å². The molecule has 0 fully saturated rings. The third-order valence-corrected chi connectivity index (χ3v) is 6.40. The van der Waals surface area contributed by atoms with Crippen LogP contribution in [0.4, 0.5) is 0 Å². The van der Waals surface area contributed by atoms with Gasteiger partial charge in [0.25, 0.3) is 0 Å². The van der Waals surface area contributed by atoms with Gasteiger partial charge in [0.2, 0.25) is 0 Å². The molecular formula is C28H22S2. The predicted molar refractivity (Wildman–Crippen MR) is 136 cm³/mol. The third-order valence-electron chi connectivity index (χ3n) is 4.60. The molecule has 30 heavy (non-hydrogen) atoms. The smallest absolute Gasteiger partial charge is 0.0342 e. The standard InChI is InChI=1S/C12H10.2C8H6S/c1-3-7-11(8-4-1)12-9-5-2-6-10-12;2*1-2-4-8-7(3-1)5-6-9-8/h1-10H;2*1-6H. The van der Waals surface area contributed by atoms with Gasteiger partial charge in [-0.15, -0.1) is 22.7 Å². The molecule has 0 amide bonds. The molecule has 6 aromatic rings. The molecule has 0 unspecified atom stereocenters. The molecule has 0 bridgehead atoms. The number of rotatable bonds is 1. The van der Waals surface area contributed by atoms with E-state index in [4.69, 9.17) is 0 Å². The molecule has 0 N–H and O–H groups in total. The summed E-state index contributed by atoms with van der Waals surface area (Å²) in [5.41, 5.74) is 2.55. The van der Waals surface area contributed by atoms with Crippen LogP contribution in [0.15, 0.2) is 132 Å². The van der Waals surface area contributed by atoms with Crippen molar-refractivity contribution < 1.29 is 0 Å². The first-order chi connectivity index (χ1) is 14.9. The Morgan fingerprint density at radius 2 is 0.700 bits per heavy atom. The maximum atomic E-state index is 2.14. The number of benzene rings is 4. The summed E-state index contributed by atoms with van der Waals surface area (Å²) in [4.78, 5) is 0. The Morgan fingerprint density at radius 3 is 1.10 bits per heavy atom. The van der Waals surface area contributed by atoms with Crippen LogP contribution in [-0.2, 0) is 0 Å². The highest BCUT2D eigenvalue weighted by Gasteiger charge is 1.92. The van der Waals surface area contributed by atoms with E-state index in [1.54, 1.807) is 22.7 Å². The molecular weight excluding hydrogens is 400 g/mol. The molecule has 0 radical (unpaired) electrons. The maximum Gasteiger partial charge on any atom is 0.0342 e. The lowest BCUT2D eigenvalue weighted by molar-refractivity contribution is 1.62. The molecule has 2 heteroatoms. The second kappa shape index (κ2) is 10.5. The van der Waals surface area contributed by atoms with E-state index in [9.17, 15) is 0 Å². The average Bonchev–Trinajstić information content (AvgIpc) is 3.51. The van der Waals surface area contributed by atoms with Crippen LogP contribution in [0, 0.1) is 0 Å². The molecule has 2 heterocycles. The average molecular weight is 423 g/mol. The van der Waals surface area contributed by atoms with Crippen molar-refractivity contribution in [1.82, 2.24) is 0 Å². The molecule has 0 saturated heterocycles. The summed E-state index contributed by atoms with van der Waals surface area (Å²) in [6.07, 6.45) is 0. The van der Waals surface area contributed by atoms with Crippen LogP contribution in [0.1, 0.15) is 0 Å². The van der Waals surface area contributed by atoms with Gasteiger partial charge < -0.3 is 0 Å². The monoisotopic (exact) mass is 422 g/mol. The minimum Gasteiger partial charge on any atom is -0.144 e. The highest BCUT2D eigenvalue weighted by atomic mass is 32.1. The van der Waals surface area contributed by atoms with Crippen LogP contribution < -0.4 is 0 Å². The molecule has 0 saturated carbocycles. The quantitative estimate of drug-likeness (QED) is 0.248. The van der Waals surface area contributed by atoms with E-state index >= 15 is 0 Å². The zero-order valence-electron chi connectivity index (χ0n) is 16.5. The summed E-state index contributed by atoms with van der Waals surface area (Å²) < 4.78 is 2.75. The van der Waals surface area contributed by atoms with Crippen molar-refractivity contribution >= 4 is 42.8 Å². The zero-order valence-corrected chi connectivity index (χ0v) is 18.2. The normalized spacial score (nSPS) is 10.0. The molecule has 0 aliphatic heterocycles. The van der Waals surface area contributed by atoms with Crippen molar-refractivity contribution in [2.75, 3.05) is 0 Å². The number of thiophene rings is 2. The van der Waals surface area contributed by atoms with Crippen LogP contribution in [0.5, 0.6) is 0 Å². The molecule has 146 valence electrons. The van der Waals surface area contributed by atoms with Gasteiger partial charge in [0.1, 0.15) is 0 Å². The van der Waals surface area contributed by atoms with Gasteiger partial charge in [-0.1, -0.05) is 97.1 Å². The largest absolute Gasteiger partial charge is 0.144 e. The molecule has 0 aliphatic carbocycles. The summed E-state index contributed by atoms with van der Waals surface area (Å²) in [6.45, 7) is 0. The zero-order chi connectivity index (χ0) is 20.4. The first-order valence-corrected chi connectivity index (χ1v) is 11.6. The van der Waals surface area contributed by atoms with E-state index in [1.807, 2.05) is 12.1 Å². The number of hydrogen-bond donors (Lipinski definition) is 0. The lowest BCUT2D eigenvalue weighted by Crippen LogP contribution is -1.73. The minimum atomic E-state index is 1.28. The highest BCUT2D eigenvalue weighted by Crippen LogP contribution is 2.20. The molecule has 6 rings (SSSR count). The fourth-order valence-electron chi connectivity index (χ4n) is 3.07. The Balaban J connectivity index is 0.000000111. The summed E-state index contributed by atoms with van der Waals surface area (Å²) in [5, 5.41) is 6.93. The summed E-state index contributed by atoms with van der Waals surface area (Å²) in [6, 6.07) is 41.9. The Labute approximate surface area is 185 Å². The van der Waals surface area contributed by atoms with Gasteiger partial charge in [0.15, 0.2) is 0 Å². The summed E-state index contributed by atoms with van der Waals surface area (Å²) >= 11 is 3.57. The van der Waals surface area contributed by atoms with Gasteiger partial charge in [-0.3, -0.25) is 0 Å². The van der Waals surface area contributed by atoms with Crippen molar-refractivity contribution in [3.8, 4) is 11.1 Å². The van der Waals surface area contributed by atoms with Gasteiger partial charge in [-0.2, -0.15) is 0 Å². The molecule has 0 atom stereocenters. The van der Waals surface area contributed by atoms with E-state index in [2.05, 4.69) is 120 Å². The van der Waals surface area contributed by atoms with Crippen LogP contribution >= 0.6 is 22.7 Å². The SMILES string of the molecule is c1ccc(-c2ccccc2)cc1.c1ccc2sccc2c1.c1ccc2sccc2c1. The fraction of sp³-hybridized carbons (Fsp3) is 0. The summed E-state index contributed by atoms with van der Waals surface area (Å²) in [7, 11) is 0. The molecule has 0 aliphatic rings. The molecule has 2 aromatic heterocycles. The number of fused-ring (bicyclic) bond motifs is 2. The Hall–Kier alpha value is -3.20. The fourth-order valence-corrected chi connectivity index (χ4v) is 4.65. The second-order valence-corrected chi connectivity index (χ2v) is 8.54. The Kier molecular flexibility index (Phi) is 7.06. The van der Waals surface area contributed by atoms with Crippen molar-refractivity contribution in [2.24, 2.45) is 0 Å². The second-order valence-electron chi connectivity index (χ2n) is 6.65. The van der Waals surface area contributed by atoms with Gasteiger partial charge in [-0.05, 0) is 56.9 Å². The van der Waals surface area contributed by atoms with Gasteiger partial charge in [0.05, 0.1) is 0 Å². The van der Waals surface area contributed by atoms with Crippen LogP contribution in [0.2, 0.25) is 0 Å². The number of hydrogen-bond acceptors (Lipinski definition) is 2. The minimum absolute atomic E-state index is 1.28. The highest BCUT2D eigenvalue weighted by molar-refractivity contribution is 7.17. The summed E-state index contributed by atoms with van der Waals surface area (Å²) in [5.74, 6) is 0. The Morgan fingerprint density at radius 1 is 0.333 bits per heavy atom. The van der Waals surface area contributed by atoms with Gasteiger partial charge in [-0.25, -0.2) is 0 Å². The van der Waals surface area contributed by atoms with Gasteiger partial charge in [0, 0.05) is 9.40 Å². The lowest BCUT2D eigenvalue weighted by atomic mass is 10.1. The predicted octanol–water partition coefficient (Wildman–Crippen LogP) is 9.16. The maximum absolute atomic E-state index is 2.14. The van der Waals surface area contributed by atoms with Crippen LogP contribution in [0.25, 0.3) is 31.3 Å². The van der Waals surface area contributed by atoms with Crippen molar-refractivity contribution in [1.29, 1.82) is 0 Å². The van der Waals surface area contributed by atoms with Crippen molar-refractivity contribution in [3.05, 3.63) is 132 Å². The molecule has 0 spiro atoms. The first-order valence-electron chi connectivity index (χ1n) is 9.85. The van der Waals surface area contributed by atoms with E-state index < -0.39 is 0 Å². The van der Waals surface area contributed by atoms with E-state index in [0.717, 1.165) is 0 Å². The van der Waals surface area contributed by atoms with Crippen molar-refractivity contribution in [2.45, 2.75) is 0 Å². The van der Waals surface area contributed by atoms with E-state index in [0.29, 0.717) is 0 Å². The van der Waals surface area contributed by atoms with Crippen molar-refractivity contribution in [3.63, 3.8) is 0 Å². The topological polar surface area (TPSA) is 0 Å². The molecule has 0 nitrogen and oxygen atoms in total. The first kappa shape index (κ1) is 20.1.